The van der Waals surface area contributed by atoms with E-state index in [1.165, 1.54) is 0 Å². The third-order valence-electron chi connectivity index (χ3n) is 9.40. The minimum atomic E-state index is -1.11. The van der Waals surface area contributed by atoms with Crippen molar-refractivity contribution in [2.24, 2.45) is 5.92 Å². The lowest BCUT2D eigenvalue weighted by Gasteiger charge is -2.38. The molecule has 6 aromatic rings. The van der Waals surface area contributed by atoms with Gasteiger partial charge in [0.1, 0.15) is 0 Å². The van der Waals surface area contributed by atoms with Gasteiger partial charge < -0.3 is 0 Å². The Bertz CT molecular complexity index is 1960. The quantitative estimate of drug-likeness (QED) is 0.176. The molecule has 0 unspecified atom stereocenters. The van der Waals surface area contributed by atoms with Crippen molar-refractivity contribution in [2.45, 2.75) is 17.3 Å². The van der Waals surface area contributed by atoms with Crippen molar-refractivity contribution in [1.29, 1.82) is 0 Å². The third kappa shape index (κ3) is 2.73. The molecule has 6 aromatic carbocycles. The molecule has 0 amide bonds. The van der Waals surface area contributed by atoms with Crippen LogP contribution in [0.25, 0.3) is 21.5 Å². The first-order chi connectivity index (χ1) is 19.7. The van der Waals surface area contributed by atoms with Gasteiger partial charge in [0.05, 0.1) is 10.8 Å². The van der Waals surface area contributed by atoms with Crippen molar-refractivity contribution in [3.05, 3.63) is 167 Å². The largest absolute Gasteiger partial charge is 0.297 e. The summed E-state index contributed by atoms with van der Waals surface area (Å²) in [5.41, 5.74) is 2.53. The molecule has 2 aliphatic carbocycles. The van der Waals surface area contributed by atoms with Crippen molar-refractivity contribution in [2.75, 3.05) is 0 Å². The Hall–Kier alpha value is -4.82. The number of fused-ring (bicyclic) bond motifs is 10. The summed E-state index contributed by atoms with van der Waals surface area (Å²) in [7, 11) is 0. The summed E-state index contributed by atoms with van der Waals surface area (Å²) in [6.07, 6.45) is 0.438. The molecule has 3 atom stereocenters. The lowest BCUT2D eigenvalue weighted by atomic mass is 9.62. The minimum Gasteiger partial charge on any atom is -0.297 e. The van der Waals surface area contributed by atoms with E-state index in [9.17, 15) is 4.79 Å². The SMILES string of the molecule is O=C(c1ccccc1)[C@H]1C[C@@]2(c3ccccc3)C(=O)[C@@]1(c1ccccc1)c1c2c2ccccc2c2ccccc12. The molecule has 8 rings (SSSR count). The first-order valence-electron chi connectivity index (χ1n) is 13.9. The first kappa shape index (κ1) is 23.1. The summed E-state index contributed by atoms with van der Waals surface area (Å²) < 4.78 is 0. The van der Waals surface area contributed by atoms with E-state index in [0.29, 0.717) is 12.0 Å². The molecule has 40 heavy (non-hydrogen) atoms. The van der Waals surface area contributed by atoms with Crippen LogP contribution in [0.4, 0.5) is 0 Å². The summed E-state index contributed by atoms with van der Waals surface area (Å²) in [5, 5.41) is 4.40. The summed E-state index contributed by atoms with van der Waals surface area (Å²) in [5.74, 6) is -0.399. The fourth-order valence-corrected chi connectivity index (χ4v) is 7.93. The van der Waals surface area contributed by atoms with E-state index in [4.69, 9.17) is 0 Å². The van der Waals surface area contributed by atoms with Gasteiger partial charge in [0.25, 0.3) is 0 Å². The van der Waals surface area contributed by atoms with E-state index in [1.54, 1.807) is 0 Å². The molecule has 0 N–H and O–H groups in total. The summed E-state index contributed by atoms with van der Waals surface area (Å²) >= 11 is 0. The molecule has 1 saturated carbocycles. The molecule has 0 radical (unpaired) electrons. The molecule has 0 aliphatic heterocycles. The van der Waals surface area contributed by atoms with Crippen LogP contribution < -0.4 is 0 Å². The maximum atomic E-state index is 15.6. The molecule has 2 heteroatoms. The molecule has 0 spiro atoms. The van der Waals surface area contributed by atoms with Gasteiger partial charge in [-0.1, -0.05) is 140 Å². The number of hydrogen-bond acceptors (Lipinski definition) is 2. The molecule has 2 nitrogen and oxygen atoms in total. The third-order valence-corrected chi connectivity index (χ3v) is 9.40. The Morgan fingerprint density at radius 2 is 0.975 bits per heavy atom. The second-order valence-electron chi connectivity index (χ2n) is 11.1. The molecule has 0 aromatic heterocycles. The van der Waals surface area contributed by atoms with Gasteiger partial charge in [0.15, 0.2) is 11.6 Å². The number of benzene rings is 6. The van der Waals surface area contributed by atoms with Gasteiger partial charge in [-0.2, -0.15) is 0 Å². The van der Waals surface area contributed by atoms with Crippen LogP contribution in [0.3, 0.4) is 0 Å². The number of rotatable bonds is 4. The van der Waals surface area contributed by atoms with Crippen LogP contribution in [-0.2, 0) is 15.6 Å². The van der Waals surface area contributed by atoms with Crippen molar-refractivity contribution in [3.63, 3.8) is 0 Å². The fourth-order valence-electron chi connectivity index (χ4n) is 7.93. The van der Waals surface area contributed by atoms with Crippen molar-refractivity contribution in [3.8, 4) is 0 Å². The predicted octanol–water partition coefficient (Wildman–Crippen LogP) is 8.05. The lowest BCUT2D eigenvalue weighted by molar-refractivity contribution is -0.123. The Labute approximate surface area is 232 Å². The molecular weight excluding hydrogens is 488 g/mol. The van der Waals surface area contributed by atoms with Crippen LogP contribution in [-0.4, -0.2) is 11.6 Å². The number of carbonyl (C=O) groups excluding carboxylic acids is 2. The summed E-state index contributed by atoms with van der Waals surface area (Å²) in [4.78, 5) is 30.1. The molecule has 2 aliphatic rings. The molecule has 2 bridgehead atoms. The van der Waals surface area contributed by atoms with Gasteiger partial charge in [0, 0.05) is 11.5 Å². The predicted molar refractivity (Wildman–Crippen MR) is 160 cm³/mol. The van der Waals surface area contributed by atoms with Crippen LogP contribution >= 0.6 is 0 Å². The molecule has 0 heterocycles. The smallest absolute Gasteiger partial charge is 0.167 e. The zero-order chi connectivity index (χ0) is 26.9. The Morgan fingerprint density at radius 3 is 1.55 bits per heavy atom. The minimum absolute atomic E-state index is 0.0264. The second kappa shape index (κ2) is 8.34. The molecule has 190 valence electrons. The summed E-state index contributed by atoms with van der Waals surface area (Å²) in [6, 6.07) is 46.6. The van der Waals surface area contributed by atoms with Crippen LogP contribution in [0.15, 0.2) is 140 Å². The van der Waals surface area contributed by atoms with E-state index >= 15 is 4.79 Å². The maximum absolute atomic E-state index is 15.6. The second-order valence-corrected chi connectivity index (χ2v) is 11.1. The van der Waals surface area contributed by atoms with Crippen LogP contribution in [0.1, 0.15) is 39.0 Å². The molecule has 1 fully saturated rings. The van der Waals surface area contributed by atoms with E-state index in [0.717, 1.165) is 43.8 Å². The zero-order valence-electron chi connectivity index (χ0n) is 21.9. The fraction of sp³-hybridized carbons (Fsp3) is 0.105. The van der Waals surface area contributed by atoms with Crippen molar-refractivity contribution < 1.29 is 9.59 Å². The van der Waals surface area contributed by atoms with Gasteiger partial charge in [-0.15, -0.1) is 0 Å². The monoisotopic (exact) mass is 514 g/mol. The van der Waals surface area contributed by atoms with E-state index in [2.05, 4.69) is 60.7 Å². The van der Waals surface area contributed by atoms with Crippen LogP contribution in [0.2, 0.25) is 0 Å². The first-order valence-corrected chi connectivity index (χ1v) is 13.9. The topological polar surface area (TPSA) is 34.1 Å². The standard InChI is InChI=1S/C38H26O2/c39-35(25-14-4-1-5-15-25)32-24-37(26-16-6-2-7-17-26)33-30-22-12-10-20-28(30)29-21-11-13-23-31(29)34(33)38(32,36(37)40)27-18-8-3-9-19-27/h1-23,32H,24H2/t32-,37+,38-/m1/s1. The Kier molecular flexibility index (Phi) is 4.82. The van der Waals surface area contributed by atoms with E-state index in [1.807, 2.05) is 78.9 Å². The highest BCUT2D eigenvalue weighted by Crippen LogP contribution is 2.68. The average molecular weight is 515 g/mol. The normalized spacial score (nSPS) is 23.0. The van der Waals surface area contributed by atoms with Crippen molar-refractivity contribution >= 4 is 33.1 Å². The Balaban J connectivity index is 1.60. The highest BCUT2D eigenvalue weighted by Gasteiger charge is 2.73. The van der Waals surface area contributed by atoms with Crippen molar-refractivity contribution in [1.82, 2.24) is 0 Å². The van der Waals surface area contributed by atoms with E-state index in [-0.39, 0.29) is 11.6 Å². The van der Waals surface area contributed by atoms with Gasteiger partial charge >= 0.3 is 0 Å². The zero-order valence-corrected chi connectivity index (χ0v) is 21.9. The number of carbonyl (C=O) groups is 2. The molecule has 0 saturated heterocycles. The lowest BCUT2D eigenvalue weighted by Crippen LogP contribution is -2.41. The number of Topliss-reactive ketones (excluding diaryl/α,β-unsaturated/α-hetero) is 2. The van der Waals surface area contributed by atoms with Gasteiger partial charge in [0.2, 0.25) is 0 Å². The van der Waals surface area contributed by atoms with Gasteiger partial charge in [-0.3, -0.25) is 9.59 Å². The van der Waals surface area contributed by atoms with Gasteiger partial charge in [-0.25, -0.2) is 0 Å². The average Bonchev–Trinajstić information content (AvgIpc) is 3.44. The highest BCUT2D eigenvalue weighted by atomic mass is 16.1. The molecular formula is C38H26O2. The summed E-state index contributed by atoms with van der Waals surface area (Å²) in [6.45, 7) is 0. The maximum Gasteiger partial charge on any atom is 0.167 e. The van der Waals surface area contributed by atoms with Crippen LogP contribution in [0.5, 0.6) is 0 Å². The van der Waals surface area contributed by atoms with Gasteiger partial charge in [-0.05, 0) is 50.2 Å². The van der Waals surface area contributed by atoms with E-state index < -0.39 is 16.7 Å². The number of ketones is 2. The Morgan fingerprint density at radius 1 is 0.525 bits per heavy atom. The van der Waals surface area contributed by atoms with Crippen LogP contribution in [0, 0.1) is 5.92 Å². The highest BCUT2D eigenvalue weighted by molar-refractivity contribution is 6.25. The number of hydrogen-bond donors (Lipinski definition) is 0.